The molecule has 1 aromatic carbocycles. The minimum atomic E-state index is -1.85. The van der Waals surface area contributed by atoms with E-state index in [1.54, 1.807) is 0 Å². The Kier molecular flexibility index (Phi) is 6.98. The third kappa shape index (κ3) is 4.76. The Balaban J connectivity index is 1.66. The summed E-state index contributed by atoms with van der Waals surface area (Å²) >= 11 is 0. The fourth-order valence-corrected chi connectivity index (χ4v) is 3.85. The van der Waals surface area contributed by atoms with Crippen LogP contribution in [0.4, 0.5) is 0 Å². The second kappa shape index (κ2) is 9.84. The molecule has 36 heavy (non-hydrogen) atoms. The van der Waals surface area contributed by atoms with E-state index in [2.05, 4.69) is 0 Å². The summed E-state index contributed by atoms with van der Waals surface area (Å²) in [6.07, 6.45) is -1.97. The van der Waals surface area contributed by atoms with Crippen molar-refractivity contribution < 1.29 is 53.4 Å². The van der Waals surface area contributed by atoms with Gasteiger partial charge in [-0.25, -0.2) is 0 Å². The molecule has 4 rings (SSSR count). The molecule has 0 radical (unpaired) electrons. The van der Waals surface area contributed by atoms with Crippen LogP contribution < -0.4 is 14.9 Å². The molecule has 0 saturated carbocycles. The van der Waals surface area contributed by atoms with Crippen molar-refractivity contribution >= 4 is 22.7 Å². The largest absolute Gasteiger partial charge is 0.493 e. The van der Waals surface area contributed by atoms with Crippen LogP contribution in [0.25, 0.3) is 11.0 Å². The van der Waals surface area contributed by atoms with E-state index in [9.17, 15) is 34.8 Å². The highest BCUT2D eigenvalue weighted by molar-refractivity contribution is 6.00. The lowest BCUT2D eigenvalue weighted by Gasteiger charge is -2.39. The van der Waals surface area contributed by atoms with Gasteiger partial charge < -0.3 is 43.8 Å². The van der Waals surface area contributed by atoms with Gasteiger partial charge in [0.25, 0.3) is 0 Å². The van der Waals surface area contributed by atoms with Gasteiger partial charge in [0.1, 0.15) is 48.5 Å². The number of allylic oxidation sites excluding steroid dienone is 2. The smallest absolute Gasteiger partial charge is 0.302 e. The predicted molar refractivity (Wildman–Crippen MR) is 120 cm³/mol. The number of hydrogen-bond acceptors (Lipinski definition) is 12. The Hall–Kier alpha value is -3.55. The van der Waals surface area contributed by atoms with E-state index in [1.165, 1.54) is 31.4 Å². The summed E-state index contributed by atoms with van der Waals surface area (Å²) in [5.41, 5.74) is -2.55. The Labute approximate surface area is 203 Å². The highest BCUT2D eigenvalue weighted by Crippen LogP contribution is 2.35. The van der Waals surface area contributed by atoms with Crippen molar-refractivity contribution in [3.8, 4) is 11.5 Å². The molecular formula is C24H24O12. The maximum absolute atomic E-state index is 13.1. The fraction of sp³-hybridized carbons (Fsp3) is 0.375. The monoisotopic (exact) mass is 504 g/mol. The van der Waals surface area contributed by atoms with Gasteiger partial charge in [-0.2, -0.15) is 0 Å². The summed E-state index contributed by atoms with van der Waals surface area (Å²) in [4.78, 5) is 35.7. The van der Waals surface area contributed by atoms with Crippen molar-refractivity contribution in [1.29, 1.82) is 0 Å². The number of carbonyl (C=O) groups is 2. The van der Waals surface area contributed by atoms with E-state index < -0.39 is 54.3 Å². The van der Waals surface area contributed by atoms with Gasteiger partial charge in [0.15, 0.2) is 22.7 Å². The van der Waals surface area contributed by atoms with Gasteiger partial charge in [0, 0.05) is 13.0 Å². The second-order valence-corrected chi connectivity index (χ2v) is 8.31. The van der Waals surface area contributed by atoms with Gasteiger partial charge in [-0.15, -0.1) is 0 Å². The Bertz CT molecular complexity index is 1280. The summed E-state index contributed by atoms with van der Waals surface area (Å²) in [7, 11) is 1.30. The predicted octanol–water partition coefficient (Wildman–Crippen LogP) is -0.566. The van der Waals surface area contributed by atoms with Gasteiger partial charge in [-0.05, 0) is 30.4 Å². The molecule has 12 nitrogen and oxygen atoms in total. The third-order valence-corrected chi connectivity index (χ3v) is 5.86. The Morgan fingerprint density at radius 1 is 1.06 bits per heavy atom. The highest BCUT2D eigenvalue weighted by atomic mass is 16.7. The van der Waals surface area contributed by atoms with Crippen LogP contribution in [0, 0.1) is 0 Å². The average Bonchev–Trinajstić information content (AvgIpc) is 2.85. The molecule has 1 aliphatic heterocycles. The lowest BCUT2D eigenvalue weighted by molar-refractivity contribution is -0.278. The molecule has 12 heteroatoms. The van der Waals surface area contributed by atoms with E-state index in [0.29, 0.717) is 0 Å². The van der Waals surface area contributed by atoms with E-state index in [4.69, 9.17) is 23.4 Å². The molecule has 192 valence electrons. The van der Waals surface area contributed by atoms with Crippen molar-refractivity contribution in [2.45, 2.75) is 43.2 Å². The quantitative estimate of drug-likeness (QED) is 0.368. The topological polar surface area (TPSA) is 182 Å². The highest BCUT2D eigenvalue weighted by Gasteiger charge is 2.45. The lowest BCUT2D eigenvalue weighted by Crippen LogP contribution is -2.60. The first-order chi connectivity index (χ1) is 17.0. The van der Waals surface area contributed by atoms with Crippen LogP contribution in [0.5, 0.6) is 11.5 Å². The van der Waals surface area contributed by atoms with Crippen LogP contribution in [0.2, 0.25) is 0 Å². The molecule has 0 amide bonds. The number of benzene rings is 1. The molecule has 5 atom stereocenters. The van der Waals surface area contributed by atoms with Gasteiger partial charge >= 0.3 is 5.97 Å². The second-order valence-electron chi connectivity index (χ2n) is 8.31. The Morgan fingerprint density at radius 3 is 2.39 bits per heavy atom. The van der Waals surface area contributed by atoms with Crippen molar-refractivity contribution in [2.75, 3.05) is 13.7 Å². The number of fused-ring (bicyclic) bond motifs is 1. The first kappa shape index (κ1) is 25.5. The molecule has 2 heterocycles. The number of carbonyl (C=O) groups excluding carboxylic acids is 2. The summed E-state index contributed by atoms with van der Waals surface area (Å²) in [5, 5.41) is 41.6. The molecular weight excluding hydrogens is 480 g/mol. The molecule has 2 aromatic rings. The number of rotatable bonds is 6. The number of methoxy groups -OCH3 is 1. The normalized spacial score (nSPS) is 27.2. The molecule has 1 saturated heterocycles. The lowest BCUT2D eigenvalue weighted by atomic mass is 9.90. The van der Waals surface area contributed by atoms with Gasteiger partial charge in [0.05, 0.1) is 18.1 Å². The van der Waals surface area contributed by atoms with Crippen LogP contribution in [-0.4, -0.2) is 76.6 Å². The number of ketones is 1. The van der Waals surface area contributed by atoms with Crippen LogP contribution >= 0.6 is 0 Å². The minimum Gasteiger partial charge on any atom is -0.493 e. The number of ether oxygens (including phenoxy) is 4. The molecule has 0 spiro atoms. The minimum absolute atomic E-state index is 0.0248. The molecule has 1 fully saturated rings. The van der Waals surface area contributed by atoms with E-state index in [-0.39, 0.29) is 33.8 Å². The summed E-state index contributed by atoms with van der Waals surface area (Å²) in [5.74, 6) is -0.989. The zero-order valence-corrected chi connectivity index (χ0v) is 19.2. The molecule has 1 aliphatic carbocycles. The molecule has 2 aliphatic rings. The number of aliphatic hydroxyl groups excluding tert-OH is 3. The number of aliphatic hydroxyl groups is 4. The molecule has 0 unspecified atom stereocenters. The van der Waals surface area contributed by atoms with Crippen LogP contribution in [0.1, 0.15) is 12.5 Å². The van der Waals surface area contributed by atoms with Crippen molar-refractivity contribution in [2.24, 2.45) is 0 Å². The summed E-state index contributed by atoms with van der Waals surface area (Å²) < 4.78 is 26.9. The average molecular weight is 504 g/mol. The zero-order valence-electron chi connectivity index (χ0n) is 19.2. The van der Waals surface area contributed by atoms with E-state index in [0.717, 1.165) is 25.3 Å². The van der Waals surface area contributed by atoms with E-state index in [1.807, 2.05) is 0 Å². The Morgan fingerprint density at radius 2 is 1.75 bits per heavy atom. The van der Waals surface area contributed by atoms with Gasteiger partial charge in [0.2, 0.25) is 6.29 Å². The first-order valence-corrected chi connectivity index (χ1v) is 10.8. The van der Waals surface area contributed by atoms with Crippen molar-refractivity contribution in [3.63, 3.8) is 0 Å². The van der Waals surface area contributed by atoms with Crippen LogP contribution in [-0.2, 0) is 24.7 Å². The molecule has 4 N–H and O–H groups in total. The SMILES string of the molecule is COc1cc2c(=O)c(C3(O)C=CC(=O)C=C3)coc2cc1O[C@@H]1O[C@H](COC(C)=O)[C@@H](O)[C@H](O)[C@H]1O. The maximum Gasteiger partial charge on any atom is 0.302 e. The number of esters is 1. The molecule has 0 bridgehead atoms. The maximum atomic E-state index is 13.1. The third-order valence-electron chi connectivity index (χ3n) is 5.86. The van der Waals surface area contributed by atoms with Gasteiger partial charge in [-0.3, -0.25) is 14.4 Å². The fourth-order valence-electron chi connectivity index (χ4n) is 3.85. The number of hydrogen-bond donors (Lipinski definition) is 4. The van der Waals surface area contributed by atoms with Crippen molar-refractivity contribution in [1.82, 2.24) is 0 Å². The standard InChI is InChI=1S/C24H24O12/c1-11(25)33-10-18-20(28)21(29)22(30)23(36-18)35-17-8-15-13(7-16(17)32-2)19(27)14(9-34-15)24(31)5-3-12(26)4-6-24/h3-9,18,20-23,28-31H,10H2,1-2H3/t18-,20-,21+,22-,23-/m1/s1. The van der Waals surface area contributed by atoms with Crippen LogP contribution in [0.3, 0.4) is 0 Å². The van der Waals surface area contributed by atoms with Crippen LogP contribution in [0.15, 0.2) is 51.9 Å². The van der Waals surface area contributed by atoms with Crippen molar-refractivity contribution in [3.05, 3.63) is 58.5 Å². The zero-order chi connectivity index (χ0) is 26.2. The van der Waals surface area contributed by atoms with Gasteiger partial charge in [-0.1, -0.05) is 0 Å². The summed E-state index contributed by atoms with van der Waals surface area (Å²) in [6.45, 7) is 0.761. The first-order valence-electron chi connectivity index (χ1n) is 10.8. The molecule has 1 aromatic heterocycles. The van der Waals surface area contributed by atoms with E-state index >= 15 is 0 Å². The summed E-state index contributed by atoms with van der Waals surface area (Å²) in [6, 6.07) is 2.58.